The minimum Gasteiger partial charge on any atom is -0.336 e. The van der Waals surface area contributed by atoms with Crippen LogP contribution in [0.25, 0.3) is 11.6 Å². The second kappa shape index (κ2) is 10.9. The van der Waals surface area contributed by atoms with Gasteiger partial charge in [0.15, 0.2) is 0 Å². The molecule has 1 saturated heterocycles. The molecule has 1 heterocycles. The van der Waals surface area contributed by atoms with Crippen molar-refractivity contribution in [3.63, 3.8) is 0 Å². The van der Waals surface area contributed by atoms with Crippen LogP contribution in [0.15, 0.2) is 78.9 Å². The molecule has 5 nitrogen and oxygen atoms in total. The molecule has 34 heavy (non-hydrogen) atoms. The maximum atomic E-state index is 13.5. The number of carbonyl (C=O) groups is 2. The number of benzene rings is 3. The predicted octanol–water partition coefficient (Wildman–Crippen LogP) is 4.63. The van der Waals surface area contributed by atoms with E-state index in [1.807, 2.05) is 104 Å². The Labute approximate surface area is 201 Å². The quantitative estimate of drug-likeness (QED) is 0.437. The number of hydrogen-bond acceptors (Lipinski definition) is 3. The molecule has 3 aromatic carbocycles. The summed E-state index contributed by atoms with van der Waals surface area (Å²) in [5.41, 5.74) is 5.60. The topological polar surface area (TPSA) is 52.7 Å². The number of aryl methyl sites for hydroxylation is 2. The van der Waals surface area contributed by atoms with E-state index in [9.17, 15) is 9.59 Å². The smallest absolute Gasteiger partial charge is 0.254 e. The van der Waals surface area contributed by atoms with Crippen molar-refractivity contribution in [1.82, 2.24) is 9.80 Å². The van der Waals surface area contributed by atoms with Crippen molar-refractivity contribution >= 4 is 29.2 Å². The number of amides is 2. The van der Waals surface area contributed by atoms with Crippen molar-refractivity contribution in [2.45, 2.75) is 13.8 Å². The Morgan fingerprint density at radius 2 is 1.38 bits per heavy atom. The number of nitrogens with zero attached hydrogens (tertiary/aromatic N) is 2. The first-order valence-electron chi connectivity index (χ1n) is 11.7. The summed E-state index contributed by atoms with van der Waals surface area (Å²) in [7, 11) is 0. The molecule has 0 aliphatic carbocycles. The van der Waals surface area contributed by atoms with Gasteiger partial charge in [-0.25, -0.2) is 0 Å². The molecular weight excluding hydrogens is 422 g/mol. The molecule has 0 radical (unpaired) electrons. The van der Waals surface area contributed by atoms with Gasteiger partial charge in [0, 0.05) is 37.4 Å². The third kappa shape index (κ3) is 5.80. The molecule has 0 unspecified atom stereocenters. The van der Waals surface area contributed by atoms with E-state index in [2.05, 4.69) is 10.2 Å². The number of piperazine rings is 1. The third-order valence-corrected chi connectivity index (χ3v) is 6.20. The molecule has 1 aliphatic rings. The molecule has 174 valence electrons. The number of rotatable bonds is 6. The molecule has 4 rings (SSSR count). The second-order valence-corrected chi connectivity index (χ2v) is 8.72. The highest BCUT2D eigenvalue weighted by atomic mass is 16.2. The van der Waals surface area contributed by atoms with Crippen LogP contribution in [0.1, 0.15) is 22.3 Å². The van der Waals surface area contributed by atoms with Crippen molar-refractivity contribution in [2.24, 2.45) is 0 Å². The van der Waals surface area contributed by atoms with Crippen LogP contribution >= 0.6 is 0 Å². The average molecular weight is 454 g/mol. The van der Waals surface area contributed by atoms with Gasteiger partial charge in [-0.15, -0.1) is 0 Å². The summed E-state index contributed by atoms with van der Waals surface area (Å²) in [6.07, 6.45) is 1.96. The van der Waals surface area contributed by atoms with E-state index < -0.39 is 0 Å². The summed E-state index contributed by atoms with van der Waals surface area (Å²) in [5.74, 6) is 0.000754. The van der Waals surface area contributed by atoms with Crippen molar-refractivity contribution < 1.29 is 9.59 Å². The molecule has 2 amide bonds. The standard InChI is InChI=1S/C29H31N3O2/c1-22-10-9-11-23(2)28(22)30-27(33)21-31-16-18-32(19-17-31)29(34)26(25-14-7-4-8-15-25)20-24-12-5-3-6-13-24/h3-15,20H,16-19,21H2,1-2H3,(H,30,33). The van der Waals surface area contributed by atoms with Crippen LogP contribution in [0.5, 0.6) is 0 Å². The zero-order valence-corrected chi connectivity index (χ0v) is 19.8. The van der Waals surface area contributed by atoms with Crippen LogP contribution in [-0.4, -0.2) is 54.3 Å². The Morgan fingerprint density at radius 3 is 2.00 bits per heavy atom. The number of anilines is 1. The van der Waals surface area contributed by atoms with E-state index in [1.165, 1.54) is 0 Å². The summed E-state index contributed by atoms with van der Waals surface area (Å²) in [5, 5.41) is 3.06. The summed E-state index contributed by atoms with van der Waals surface area (Å²) >= 11 is 0. The Hall–Kier alpha value is -3.70. The Bertz CT molecular complexity index is 1140. The van der Waals surface area contributed by atoms with E-state index in [-0.39, 0.29) is 11.8 Å². The third-order valence-electron chi connectivity index (χ3n) is 6.20. The van der Waals surface area contributed by atoms with Gasteiger partial charge in [0.05, 0.1) is 6.54 Å². The minimum absolute atomic E-state index is 0.0221. The van der Waals surface area contributed by atoms with E-state index in [0.717, 1.165) is 27.9 Å². The minimum atomic E-state index is -0.0221. The fourth-order valence-electron chi connectivity index (χ4n) is 4.28. The van der Waals surface area contributed by atoms with Gasteiger partial charge < -0.3 is 10.2 Å². The summed E-state index contributed by atoms with van der Waals surface area (Å²) < 4.78 is 0. The SMILES string of the molecule is Cc1cccc(C)c1NC(=O)CN1CCN(C(=O)C(=Cc2ccccc2)c2ccccc2)CC1. The van der Waals surface area contributed by atoms with Gasteiger partial charge in [-0.05, 0) is 42.2 Å². The van der Waals surface area contributed by atoms with Crippen LogP contribution < -0.4 is 5.32 Å². The molecule has 5 heteroatoms. The summed E-state index contributed by atoms with van der Waals surface area (Å²) in [6, 6.07) is 25.7. The van der Waals surface area contributed by atoms with Gasteiger partial charge in [-0.2, -0.15) is 0 Å². The van der Waals surface area contributed by atoms with Gasteiger partial charge >= 0.3 is 0 Å². The Balaban J connectivity index is 1.40. The largest absolute Gasteiger partial charge is 0.336 e. The molecule has 0 bridgehead atoms. The molecule has 1 fully saturated rings. The fraction of sp³-hybridized carbons (Fsp3) is 0.241. The average Bonchev–Trinajstić information content (AvgIpc) is 2.86. The van der Waals surface area contributed by atoms with Crippen LogP contribution in [-0.2, 0) is 9.59 Å². The second-order valence-electron chi connectivity index (χ2n) is 8.72. The zero-order chi connectivity index (χ0) is 23.9. The molecule has 1 N–H and O–H groups in total. The maximum absolute atomic E-state index is 13.5. The molecular formula is C29H31N3O2. The Kier molecular flexibility index (Phi) is 7.55. The molecule has 1 aliphatic heterocycles. The number of nitrogens with one attached hydrogen (secondary N) is 1. The first-order chi connectivity index (χ1) is 16.5. The highest BCUT2D eigenvalue weighted by molar-refractivity contribution is 6.24. The van der Waals surface area contributed by atoms with Crippen LogP contribution in [0.4, 0.5) is 5.69 Å². The number of para-hydroxylation sites is 1. The van der Waals surface area contributed by atoms with E-state index in [4.69, 9.17) is 0 Å². The van der Waals surface area contributed by atoms with Crippen molar-refractivity contribution in [3.8, 4) is 0 Å². The van der Waals surface area contributed by atoms with Gasteiger partial charge in [-0.1, -0.05) is 78.9 Å². The molecule has 3 aromatic rings. The highest BCUT2D eigenvalue weighted by Gasteiger charge is 2.25. The van der Waals surface area contributed by atoms with Crippen LogP contribution in [0.3, 0.4) is 0 Å². The number of carbonyl (C=O) groups excluding carboxylic acids is 2. The van der Waals surface area contributed by atoms with Gasteiger partial charge in [-0.3, -0.25) is 14.5 Å². The lowest BCUT2D eigenvalue weighted by atomic mass is 10.0. The highest BCUT2D eigenvalue weighted by Crippen LogP contribution is 2.22. The van der Waals surface area contributed by atoms with Gasteiger partial charge in [0.2, 0.25) is 5.91 Å². The van der Waals surface area contributed by atoms with Crippen molar-refractivity contribution in [2.75, 3.05) is 38.0 Å². The predicted molar refractivity (Wildman–Crippen MR) is 138 cm³/mol. The van der Waals surface area contributed by atoms with Crippen LogP contribution in [0, 0.1) is 13.8 Å². The monoisotopic (exact) mass is 453 g/mol. The van der Waals surface area contributed by atoms with E-state index in [1.54, 1.807) is 0 Å². The summed E-state index contributed by atoms with van der Waals surface area (Å²) in [6.45, 7) is 6.84. The molecule has 0 atom stereocenters. The molecule has 0 aromatic heterocycles. The normalized spacial score (nSPS) is 14.6. The maximum Gasteiger partial charge on any atom is 0.254 e. The van der Waals surface area contributed by atoms with Crippen molar-refractivity contribution in [1.29, 1.82) is 0 Å². The van der Waals surface area contributed by atoms with Gasteiger partial charge in [0.1, 0.15) is 0 Å². The first kappa shape index (κ1) is 23.5. The van der Waals surface area contributed by atoms with Crippen LogP contribution in [0.2, 0.25) is 0 Å². The zero-order valence-electron chi connectivity index (χ0n) is 19.8. The lowest BCUT2D eigenvalue weighted by Gasteiger charge is -2.35. The lowest BCUT2D eigenvalue weighted by Crippen LogP contribution is -2.50. The Morgan fingerprint density at radius 1 is 0.794 bits per heavy atom. The molecule has 0 saturated carbocycles. The van der Waals surface area contributed by atoms with Crippen molar-refractivity contribution in [3.05, 3.63) is 101 Å². The van der Waals surface area contributed by atoms with E-state index in [0.29, 0.717) is 38.3 Å². The lowest BCUT2D eigenvalue weighted by molar-refractivity contribution is -0.127. The fourth-order valence-corrected chi connectivity index (χ4v) is 4.28. The van der Waals surface area contributed by atoms with Gasteiger partial charge in [0.25, 0.3) is 5.91 Å². The number of hydrogen-bond donors (Lipinski definition) is 1. The first-order valence-corrected chi connectivity index (χ1v) is 11.7. The summed E-state index contributed by atoms with van der Waals surface area (Å²) in [4.78, 5) is 30.2. The van der Waals surface area contributed by atoms with E-state index >= 15 is 0 Å². The molecule has 0 spiro atoms.